The van der Waals surface area contributed by atoms with Crippen LogP contribution in [0.2, 0.25) is 0 Å². The molecule has 0 amide bonds. The van der Waals surface area contributed by atoms with Crippen LogP contribution in [0.25, 0.3) is 0 Å². The minimum atomic E-state index is -0.587. The van der Waals surface area contributed by atoms with Gasteiger partial charge >= 0.3 is 0 Å². The zero-order valence-corrected chi connectivity index (χ0v) is 16.6. The summed E-state index contributed by atoms with van der Waals surface area (Å²) in [5, 5.41) is 4.17. The highest BCUT2D eigenvalue weighted by Gasteiger charge is 2.19. The van der Waals surface area contributed by atoms with Crippen LogP contribution in [0.5, 0.6) is 0 Å². The summed E-state index contributed by atoms with van der Waals surface area (Å²) in [6.45, 7) is 0. The first kappa shape index (κ1) is 18.1. The molecule has 0 saturated heterocycles. The monoisotopic (exact) mass is 371 g/mol. The molecular weight excluding hydrogens is 345 g/mol. The van der Waals surface area contributed by atoms with E-state index in [1.807, 2.05) is 0 Å². The maximum absolute atomic E-state index is 4.97. The lowest BCUT2D eigenvalue weighted by atomic mass is 9.96. The number of hydrogen-bond acceptors (Lipinski definition) is 1. The predicted octanol–water partition coefficient (Wildman–Crippen LogP) is 5.20. The van der Waals surface area contributed by atoms with E-state index in [-0.39, 0.29) is 0 Å². The van der Waals surface area contributed by atoms with Gasteiger partial charge in [-0.1, -0.05) is 104 Å². The number of benzene rings is 3. The zero-order chi connectivity index (χ0) is 18.3. The molecule has 27 heavy (non-hydrogen) atoms. The molecule has 1 saturated carbocycles. The predicted molar refractivity (Wildman–Crippen MR) is 120 cm³/mol. The molecule has 136 valence electrons. The average molecular weight is 371 g/mol. The van der Waals surface area contributed by atoms with Crippen LogP contribution in [0.1, 0.15) is 37.7 Å². The topological polar surface area (TPSA) is 12.4 Å². The molecule has 1 aliphatic carbocycles. The zero-order valence-electron chi connectivity index (χ0n) is 15.7. The van der Waals surface area contributed by atoms with E-state index in [1.165, 1.54) is 53.6 Å². The summed E-state index contributed by atoms with van der Waals surface area (Å²) < 4.78 is 0. The summed E-state index contributed by atoms with van der Waals surface area (Å²) in [6.07, 6.45) is 8.65. The van der Waals surface area contributed by atoms with E-state index < -0.39 is 7.92 Å². The van der Waals surface area contributed by atoms with E-state index in [0.717, 1.165) is 0 Å². The summed E-state index contributed by atoms with van der Waals surface area (Å²) in [7, 11) is -0.587. The van der Waals surface area contributed by atoms with E-state index >= 15 is 0 Å². The molecule has 3 aromatic carbocycles. The first-order valence-corrected chi connectivity index (χ1v) is 11.3. The van der Waals surface area contributed by atoms with Gasteiger partial charge in [0.2, 0.25) is 0 Å². The van der Waals surface area contributed by atoms with Crippen LogP contribution in [0.4, 0.5) is 0 Å². The van der Waals surface area contributed by atoms with Crippen molar-refractivity contribution in [2.45, 2.75) is 38.1 Å². The average Bonchev–Trinajstić information content (AvgIpc) is 2.76. The maximum Gasteiger partial charge on any atom is 0.0499 e. The third-order valence-corrected chi connectivity index (χ3v) is 7.72. The number of rotatable bonds is 5. The molecule has 3 aromatic rings. The lowest BCUT2D eigenvalue weighted by molar-refractivity contribution is 0.444. The van der Waals surface area contributed by atoms with Crippen LogP contribution in [0.3, 0.4) is 0 Å². The molecule has 2 heteroatoms. The lowest BCUT2D eigenvalue weighted by Crippen LogP contribution is -2.23. The fraction of sp³-hybridized carbons (Fsp3) is 0.240. The Balaban J connectivity index is 1.73. The molecule has 0 unspecified atom stereocenters. The minimum Gasteiger partial charge on any atom is -0.289 e. The molecule has 1 fully saturated rings. The van der Waals surface area contributed by atoms with Crippen molar-refractivity contribution in [2.24, 2.45) is 4.99 Å². The van der Waals surface area contributed by atoms with Crippen LogP contribution in [-0.2, 0) is 0 Å². The molecule has 0 bridgehead atoms. The van der Waals surface area contributed by atoms with Crippen molar-refractivity contribution in [2.75, 3.05) is 0 Å². The van der Waals surface area contributed by atoms with Gasteiger partial charge in [0.05, 0.1) is 0 Å². The lowest BCUT2D eigenvalue weighted by Gasteiger charge is -2.22. The Kier molecular flexibility index (Phi) is 6.12. The summed E-state index contributed by atoms with van der Waals surface area (Å²) in [4.78, 5) is 4.97. The van der Waals surface area contributed by atoms with Crippen molar-refractivity contribution in [1.82, 2.24) is 0 Å². The van der Waals surface area contributed by atoms with Gasteiger partial charge in [0, 0.05) is 17.8 Å². The molecule has 1 aliphatic rings. The summed E-state index contributed by atoms with van der Waals surface area (Å²) in [5.41, 5.74) is 1.27. The highest BCUT2D eigenvalue weighted by Crippen LogP contribution is 2.33. The Labute approximate surface area is 163 Å². The van der Waals surface area contributed by atoms with Crippen LogP contribution >= 0.6 is 7.92 Å². The van der Waals surface area contributed by atoms with Gasteiger partial charge in [-0.05, 0) is 36.7 Å². The highest BCUT2D eigenvalue weighted by molar-refractivity contribution is 7.80. The van der Waals surface area contributed by atoms with Crippen LogP contribution in [0.15, 0.2) is 89.9 Å². The Morgan fingerprint density at radius 1 is 0.667 bits per heavy atom. The first-order chi connectivity index (χ1) is 13.4. The minimum absolute atomic E-state index is 0.506. The van der Waals surface area contributed by atoms with E-state index in [4.69, 9.17) is 4.99 Å². The first-order valence-electron chi connectivity index (χ1n) is 9.94. The summed E-state index contributed by atoms with van der Waals surface area (Å²) in [5.74, 6) is 0. The van der Waals surface area contributed by atoms with E-state index in [0.29, 0.717) is 6.04 Å². The standard InChI is InChI=1S/C25H26NP/c1-4-13-22(14-5-1)26-20-21-12-10-11-19-25(21)27(23-15-6-2-7-16-23)24-17-8-3-9-18-24/h2-3,6-12,15-20,22H,1,4-5,13-14H2. The van der Waals surface area contributed by atoms with Gasteiger partial charge in [-0.3, -0.25) is 4.99 Å². The quantitative estimate of drug-likeness (QED) is 0.432. The molecule has 0 radical (unpaired) electrons. The molecule has 0 N–H and O–H groups in total. The van der Waals surface area contributed by atoms with Gasteiger partial charge in [0.15, 0.2) is 0 Å². The fourth-order valence-electron chi connectivity index (χ4n) is 3.80. The highest BCUT2D eigenvalue weighted by atomic mass is 31.1. The fourth-order valence-corrected chi connectivity index (χ4v) is 6.22. The third kappa shape index (κ3) is 4.54. The molecule has 0 aromatic heterocycles. The van der Waals surface area contributed by atoms with E-state index in [9.17, 15) is 0 Å². The van der Waals surface area contributed by atoms with Crippen LogP contribution < -0.4 is 15.9 Å². The van der Waals surface area contributed by atoms with Crippen molar-refractivity contribution in [1.29, 1.82) is 0 Å². The Bertz CT molecular complexity index is 828. The molecular formula is C25H26NP. The van der Waals surface area contributed by atoms with Crippen LogP contribution in [-0.4, -0.2) is 12.3 Å². The Morgan fingerprint density at radius 3 is 1.85 bits per heavy atom. The van der Waals surface area contributed by atoms with Gasteiger partial charge < -0.3 is 0 Å². The van der Waals surface area contributed by atoms with E-state index in [1.54, 1.807) is 0 Å². The van der Waals surface area contributed by atoms with Gasteiger partial charge in [0.25, 0.3) is 0 Å². The number of nitrogens with zero attached hydrogens (tertiary/aromatic N) is 1. The Morgan fingerprint density at radius 2 is 1.22 bits per heavy atom. The van der Waals surface area contributed by atoms with Crippen molar-refractivity contribution < 1.29 is 0 Å². The van der Waals surface area contributed by atoms with Crippen molar-refractivity contribution >= 4 is 30.0 Å². The smallest absolute Gasteiger partial charge is 0.0499 e. The van der Waals surface area contributed by atoms with Crippen molar-refractivity contribution in [3.05, 3.63) is 90.5 Å². The molecule has 1 nitrogen and oxygen atoms in total. The van der Waals surface area contributed by atoms with Gasteiger partial charge in [-0.25, -0.2) is 0 Å². The Hall–Kier alpha value is -2.24. The SMILES string of the molecule is C(=NC1CCCCC1)c1ccccc1P(c1ccccc1)c1ccccc1. The second-order valence-corrected chi connectivity index (χ2v) is 9.32. The molecule has 0 aliphatic heterocycles. The van der Waals surface area contributed by atoms with Crippen molar-refractivity contribution in [3.63, 3.8) is 0 Å². The van der Waals surface area contributed by atoms with Gasteiger partial charge in [-0.2, -0.15) is 0 Å². The van der Waals surface area contributed by atoms with Gasteiger partial charge in [0.1, 0.15) is 0 Å². The van der Waals surface area contributed by atoms with Crippen molar-refractivity contribution in [3.8, 4) is 0 Å². The number of aliphatic imine (C=N–C) groups is 1. The second-order valence-electron chi connectivity index (χ2n) is 7.14. The molecule has 0 heterocycles. The number of hydrogen-bond donors (Lipinski definition) is 0. The van der Waals surface area contributed by atoms with Crippen LogP contribution in [0, 0.1) is 0 Å². The third-order valence-electron chi connectivity index (χ3n) is 5.21. The van der Waals surface area contributed by atoms with E-state index in [2.05, 4.69) is 91.1 Å². The molecule has 4 rings (SSSR count). The summed E-state index contributed by atoms with van der Waals surface area (Å²) >= 11 is 0. The summed E-state index contributed by atoms with van der Waals surface area (Å²) in [6, 6.07) is 31.1. The largest absolute Gasteiger partial charge is 0.289 e. The second kappa shape index (κ2) is 9.11. The van der Waals surface area contributed by atoms with Gasteiger partial charge in [-0.15, -0.1) is 0 Å². The maximum atomic E-state index is 4.97. The molecule has 0 spiro atoms. The molecule has 0 atom stereocenters. The normalized spacial score (nSPS) is 15.4.